The predicted molar refractivity (Wildman–Crippen MR) is 133 cm³/mol. The van der Waals surface area contributed by atoms with Crippen LogP contribution in [0.2, 0.25) is 0 Å². The molecule has 4 aromatic rings. The molecular formula is C29H26N2O3. The van der Waals surface area contributed by atoms with Gasteiger partial charge in [-0.15, -0.1) is 0 Å². The topological polar surface area (TPSA) is 50.8 Å². The van der Waals surface area contributed by atoms with Crippen molar-refractivity contribution in [1.82, 2.24) is 4.90 Å². The number of nitrogens with one attached hydrogen (secondary N) is 1. The van der Waals surface area contributed by atoms with Crippen molar-refractivity contribution in [2.75, 3.05) is 12.4 Å². The SMILES string of the molecule is COc1cc([C@H]2Nc3ccccc3C(=O)N2Cc2ccccc2)ccc1OCc1ccccc1. The van der Waals surface area contributed by atoms with Crippen molar-refractivity contribution in [3.05, 3.63) is 125 Å². The van der Waals surface area contributed by atoms with Gasteiger partial charge >= 0.3 is 0 Å². The Bertz CT molecular complexity index is 1280. The molecule has 0 spiro atoms. The van der Waals surface area contributed by atoms with Gasteiger partial charge in [-0.2, -0.15) is 0 Å². The van der Waals surface area contributed by atoms with Gasteiger partial charge in [-0.1, -0.05) is 78.9 Å². The maximum Gasteiger partial charge on any atom is 0.258 e. The minimum absolute atomic E-state index is 0.00780. The first kappa shape index (κ1) is 21.6. The quantitative estimate of drug-likeness (QED) is 0.373. The van der Waals surface area contributed by atoms with Gasteiger partial charge in [-0.05, 0) is 41.0 Å². The van der Waals surface area contributed by atoms with Gasteiger partial charge in [-0.25, -0.2) is 0 Å². The molecule has 0 radical (unpaired) electrons. The van der Waals surface area contributed by atoms with E-state index in [9.17, 15) is 4.79 Å². The average molecular weight is 451 g/mol. The number of fused-ring (bicyclic) bond motifs is 1. The summed E-state index contributed by atoms with van der Waals surface area (Å²) in [7, 11) is 1.63. The summed E-state index contributed by atoms with van der Waals surface area (Å²) in [5.74, 6) is 1.28. The summed E-state index contributed by atoms with van der Waals surface area (Å²) < 4.78 is 11.7. The van der Waals surface area contributed by atoms with Crippen LogP contribution in [0.5, 0.6) is 11.5 Å². The van der Waals surface area contributed by atoms with Crippen LogP contribution in [0.15, 0.2) is 103 Å². The highest BCUT2D eigenvalue weighted by molar-refractivity contribution is 6.01. The number of hydrogen-bond donors (Lipinski definition) is 1. The summed E-state index contributed by atoms with van der Waals surface area (Å²) in [5, 5.41) is 3.55. The van der Waals surface area contributed by atoms with Crippen LogP contribution < -0.4 is 14.8 Å². The largest absolute Gasteiger partial charge is 0.493 e. The lowest BCUT2D eigenvalue weighted by Crippen LogP contribution is -2.42. The fraction of sp³-hybridized carbons (Fsp3) is 0.138. The fourth-order valence-corrected chi connectivity index (χ4v) is 4.21. The van der Waals surface area contributed by atoms with Crippen LogP contribution in [-0.2, 0) is 13.2 Å². The normalized spacial score (nSPS) is 14.8. The number of nitrogens with zero attached hydrogens (tertiary/aromatic N) is 1. The van der Waals surface area contributed by atoms with E-state index in [0.717, 1.165) is 22.4 Å². The minimum atomic E-state index is -0.348. The Kier molecular flexibility index (Phi) is 6.17. The van der Waals surface area contributed by atoms with Crippen molar-refractivity contribution in [2.24, 2.45) is 0 Å². The molecule has 1 amide bonds. The Hall–Kier alpha value is -4.25. The summed E-state index contributed by atoms with van der Waals surface area (Å²) >= 11 is 0. The summed E-state index contributed by atoms with van der Waals surface area (Å²) in [6.07, 6.45) is -0.348. The van der Waals surface area contributed by atoms with E-state index in [-0.39, 0.29) is 12.1 Å². The standard InChI is InChI=1S/C29H26N2O3/c1-33-27-18-23(16-17-26(27)34-20-22-12-6-3-7-13-22)28-30-25-15-9-8-14-24(25)29(32)31(28)19-21-10-4-2-5-11-21/h2-18,28,30H,19-20H2,1H3/t28-/m0/s1. The number of benzene rings is 4. The number of rotatable bonds is 7. The molecule has 0 saturated heterocycles. The number of methoxy groups -OCH3 is 1. The molecule has 5 nitrogen and oxygen atoms in total. The minimum Gasteiger partial charge on any atom is -0.493 e. The first-order valence-corrected chi connectivity index (χ1v) is 11.3. The number of para-hydroxylation sites is 1. The molecule has 4 aromatic carbocycles. The highest BCUT2D eigenvalue weighted by Gasteiger charge is 2.33. The Balaban J connectivity index is 1.46. The average Bonchev–Trinajstić information content (AvgIpc) is 2.90. The third kappa shape index (κ3) is 4.46. The third-order valence-electron chi connectivity index (χ3n) is 5.96. The molecule has 34 heavy (non-hydrogen) atoms. The number of amides is 1. The van der Waals surface area contributed by atoms with Gasteiger partial charge in [0.1, 0.15) is 12.8 Å². The molecule has 1 atom stereocenters. The molecule has 0 aromatic heterocycles. The van der Waals surface area contributed by atoms with E-state index in [0.29, 0.717) is 30.2 Å². The molecule has 170 valence electrons. The van der Waals surface area contributed by atoms with E-state index in [1.54, 1.807) is 7.11 Å². The van der Waals surface area contributed by atoms with Crippen LogP contribution >= 0.6 is 0 Å². The molecule has 1 N–H and O–H groups in total. The molecule has 1 heterocycles. The Morgan fingerprint density at radius 1 is 0.794 bits per heavy atom. The second kappa shape index (κ2) is 9.71. The zero-order valence-electron chi connectivity index (χ0n) is 19.0. The van der Waals surface area contributed by atoms with Crippen molar-refractivity contribution >= 4 is 11.6 Å². The number of ether oxygens (including phenoxy) is 2. The van der Waals surface area contributed by atoms with Crippen LogP contribution in [0, 0.1) is 0 Å². The van der Waals surface area contributed by atoms with E-state index in [1.165, 1.54) is 0 Å². The summed E-state index contributed by atoms with van der Waals surface area (Å²) in [6, 6.07) is 33.5. The maximum absolute atomic E-state index is 13.5. The van der Waals surface area contributed by atoms with Crippen LogP contribution in [0.4, 0.5) is 5.69 Å². The molecule has 0 bridgehead atoms. The molecule has 5 rings (SSSR count). The molecule has 0 unspecified atom stereocenters. The monoisotopic (exact) mass is 450 g/mol. The van der Waals surface area contributed by atoms with Gasteiger partial charge in [0.2, 0.25) is 0 Å². The first-order valence-electron chi connectivity index (χ1n) is 11.3. The first-order chi connectivity index (χ1) is 16.7. The molecular weight excluding hydrogens is 424 g/mol. The molecule has 0 aliphatic carbocycles. The fourth-order valence-electron chi connectivity index (χ4n) is 4.21. The summed E-state index contributed by atoms with van der Waals surface area (Å²) in [5.41, 5.74) is 4.56. The number of hydrogen-bond acceptors (Lipinski definition) is 4. The number of anilines is 1. The van der Waals surface area contributed by atoms with Gasteiger partial charge in [0.15, 0.2) is 11.5 Å². The maximum atomic E-state index is 13.5. The smallest absolute Gasteiger partial charge is 0.258 e. The zero-order chi connectivity index (χ0) is 23.3. The molecule has 0 saturated carbocycles. The van der Waals surface area contributed by atoms with Gasteiger partial charge < -0.3 is 19.7 Å². The zero-order valence-corrected chi connectivity index (χ0v) is 19.0. The highest BCUT2D eigenvalue weighted by Crippen LogP contribution is 2.37. The lowest BCUT2D eigenvalue weighted by atomic mass is 10.0. The van der Waals surface area contributed by atoms with Gasteiger partial charge in [0, 0.05) is 12.2 Å². The number of carbonyl (C=O) groups is 1. The van der Waals surface area contributed by atoms with Gasteiger partial charge in [0.05, 0.1) is 12.7 Å². The lowest BCUT2D eigenvalue weighted by Gasteiger charge is -2.38. The van der Waals surface area contributed by atoms with E-state index in [1.807, 2.05) is 108 Å². The van der Waals surface area contributed by atoms with Crippen molar-refractivity contribution in [3.8, 4) is 11.5 Å². The van der Waals surface area contributed by atoms with E-state index in [4.69, 9.17) is 9.47 Å². The van der Waals surface area contributed by atoms with Crippen LogP contribution in [0.1, 0.15) is 33.2 Å². The molecule has 5 heteroatoms. The Labute approximate surface area is 199 Å². The Morgan fingerprint density at radius 2 is 1.47 bits per heavy atom. The van der Waals surface area contributed by atoms with Crippen LogP contribution in [-0.4, -0.2) is 17.9 Å². The van der Waals surface area contributed by atoms with Crippen molar-refractivity contribution < 1.29 is 14.3 Å². The second-order valence-corrected chi connectivity index (χ2v) is 8.20. The lowest BCUT2D eigenvalue weighted by molar-refractivity contribution is 0.0666. The predicted octanol–water partition coefficient (Wildman–Crippen LogP) is 6.04. The summed E-state index contributed by atoms with van der Waals surface area (Å²) in [6.45, 7) is 0.935. The van der Waals surface area contributed by atoms with Crippen molar-refractivity contribution in [1.29, 1.82) is 0 Å². The molecule has 0 fully saturated rings. The van der Waals surface area contributed by atoms with Crippen LogP contribution in [0.3, 0.4) is 0 Å². The number of carbonyl (C=O) groups excluding carboxylic acids is 1. The third-order valence-corrected chi connectivity index (χ3v) is 5.96. The van der Waals surface area contributed by atoms with E-state index < -0.39 is 0 Å². The van der Waals surface area contributed by atoms with E-state index >= 15 is 0 Å². The van der Waals surface area contributed by atoms with Crippen molar-refractivity contribution in [2.45, 2.75) is 19.3 Å². The van der Waals surface area contributed by atoms with Crippen LogP contribution in [0.25, 0.3) is 0 Å². The molecule has 1 aliphatic heterocycles. The van der Waals surface area contributed by atoms with E-state index in [2.05, 4.69) is 5.32 Å². The Morgan fingerprint density at radius 3 is 2.21 bits per heavy atom. The highest BCUT2D eigenvalue weighted by atomic mass is 16.5. The second-order valence-electron chi connectivity index (χ2n) is 8.20. The summed E-state index contributed by atoms with van der Waals surface area (Å²) in [4.78, 5) is 15.4. The van der Waals surface area contributed by atoms with Gasteiger partial charge in [0.25, 0.3) is 5.91 Å². The molecule has 1 aliphatic rings. The van der Waals surface area contributed by atoms with Gasteiger partial charge in [-0.3, -0.25) is 4.79 Å². The van der Waals surface area contributed by atoms with Crippen molar-refractivity contribution in [3.63, 3.8) is 0 Å².